The Balaban J connectivity index is 1.27. The van der Waals surface area contributed by atoms with Crippen molar-refractivity contribution in [3.63, 3.8) is 0 Å². The molecule has 0 bridgehead atoms. The molecular weight excluding hydrogens is 420 g/mol. The number of aryl methyl sites for hydroxylation is 1. The van der Waals surface area contributed by atoms with Gasteiger partial charge in [0, 0.05) is 25.2 Å². The van der Waals surface area contributed by atoms with Crippen molar-refractivity contribution >= 4 is 17.7 Å². The number of aromatic nitrogens is 3. The van der Waals surface area contributed by atoms with Gasteiger partial charge < -0.3 is 14.2 Å². The molecule has 168 valence electrons. The Hall–Kier alpha value is -2.64. The van der Waals surface area contributed by atoms with E-state index in [2.05, 4.69) is 52.9 Å². The van der Waals surface area contributed by atoms with Crippen LogP contribution < -0.4 is 0 Å². The van der Waals surface area contributed by atoms with Crippen molar-refractivity contribution in [2.45, 2.75) is 51.1 Å². The number of amides is 1. The van der Waals surface area contributed by atoms with Crippen LogP contribution in [0.15, 0.2) is 59.8 Å². The summed E-state index contributed by atoms with van der Waals surface area (Å²) in [5.41, 5.74) is 3.43. The minimum absolute atomic E-state index is 0.152. The van der Waals surface area contributed by atoms with Crippen LogP contribution in [0.1, 0.15) is 30.9 Å². The maximum absolute atomic E-state index is 12.8. The molecule has 0 atom stereocenters. The number of nitrogens with zero attached hydrogens (tertiary/aromatic N) is 4. The molecule has 4 rings (SSSR count). The fourth-order valence-electron chi connectivity index (χ4n) is 3.96. The van der Waals surface area contributed by atoms with Gasteiger partial charge in [0.2, 0.25) is 5.91 Å². The quantitative estimate of drug-likeness (QED) is 0.471. The SMILES string of the molecule is CCn1c(SCC(=O)N2CCC(OCc3ccccc3)CC2)nnc1-c1cccc(C)c1. The zero-order chi connectivity index (χ0) is 22.3. The third kappa shape index (κ3) is 5.58. The lowest BCUT2D eigenvalue weighted by Crippen LogP contribution is -2.41. The van der Waals surface area contributed by atoms with Gasteiger partial charge in [-0.25, -0.2) is 0 Å². The Morgan fingerprint density at radius 2 is 1.88 bits per heavy atom. The lowest BCUT2D eigenvalue weighted by Gasteiger charge is -2.32. The zero-order valence-corrected chi connectivity index (χ0v) is 19.6. The summed E-state index contributed by atoms with van der Waals surface area (Å²) in [5.74, 6) is 1.38. The molecule has 6 nitrogen and oxygen atoms in total. The topological polar surface area (TPSA) is 60.2 Å². The standard InChI is InChI=1S/C25H30N4O2S/c1-3-29-24(21-11-7-8-19(2)16-21)26-27-25(29)32-18-23(30)28-14-12-22(13-15-28)31-17-20-9-5-4-6-10-20/h4-11,16,22H,3,12-15,17-18H2,1-2H3. The molecule has 1 aromatic heterocycles. The first kappa shape index (κ1) is 22.6. The predicted octanol–water partition coefficient (Wildman–Crippen LogP) is 4.57. The highest BCUT2D eigenvalue weighted by molar-refractivity contribution is 7.99. The fourth-order valence-corrected chi connectivity index (χ4v) is 4.86. The first-order valence-electron chi connectivity index (χ1n) is 11.2. The smallest absolute Gasteiger partial charge is 0.233 e. The van der Waals surface area contributed by atoms with E-state index >= 15 is 0 Å². The molecule has 2 heterocycles. The fraction of sp³-hybridized carbons (Fsp3) is 0.400. The lowest BCUT2D eigenvalue weighted by molar-refractivity contribution is -0.131. The number of piperidine rings is 1. The van der Waals surface area contributed by atoms with Crippen molar-refractivity contribution in [1.82, 2.24) is 19.7 Å². The number of carbonyl (C=O) groups is 1. The molecule has 0 unspecified atom stereocenters. The number of hydrogen-bond donors (Lipinski definition) is 0. The molecule has 0 saturated carbocycles. The number of carbonyl (C=O) groups excluding carboxylic acids is 1. The third-order valence-electron chi connectivity index (χ3n) is 5.76. The first-order valence-corrected chi connectivity index (χ1v) is 12.2. The second-order valence-corrected chi connectivity index (χ2v) is 9.03. The van der Waals surface area contributed by atoms with Gasteiger partial charge in [-0.05, 0) is 38.3 Å². The Bertz CT molecular complexity index is 1030. The van der Waals surface area contributed by atoms with Gasteiger partial charge in [-0.15, -0.1) is 10.2 Å². The van der Waals surface area contributed by atoms with E-state index in [0.717, 1.165) is 49.0 Å². The van der Waals surface area contributed by atoms with Gasteiger partial charge in [-0.3, -0.25) is 4.79 Å². The number of ether oxygens (including phenoxy) is 1. The van der Waals surface area contributed by atoms with Crippen molar-refractivity contribution in [3.05, 3.63) is 65.7 Å². The molecule has 1 aliphatic rings. The average molecular weight is 451 g/mol. The molecule has 3 aromatic rings. The van der Waals surface area contributed by atoms with Crippen molar-refractivity contribution in [2.75, 3.05) is 18.8 Å². The van der Waals surface area contributed by atoms with E-state index in [1.54, 1.807) is 0 Å². The van der Waals surface area contributed by atoms with Crippen molar-refractivity contribution < 1.29 is 9.53 Å². The molecule has 7 heteroatoms. The second kappa shape index (κ2) is 10.8. The monoisotopic (exact) mass is 450 g/mol. The van der Waals surface area contributed by atoms with Crippen molar-refractivity contribution in [1.29, 1.82) is 0 Å². The molecule has 32 heavy (non-hydrogen) atoms. The maximum Gasteiger partial charge on any atom is 0.233 e. The summed E-state index contributed by atoms with van der Waals surface area (Å²) >= 11 is 1.47. The van der Waals surface area contributed by atoms with Gasteiger partial charge >= 0.3 is 0 Å². The van der Waals surface area contributed by atoms with Gasteiger partial charge in [-0.2, -0.15) is 0 Å². The van der Waals surface area contributed by atoms with E-state index in [-0.39, 0.29) is 12.0 Å². The van der Waals surface area contributed by atoms with E-state index in [9.17, 15) is 4.79 Å². The molecule has 1 amide bonds. The van der Waals surface area contributed by atoms with Crippen LogP contribution in [-0.2, 0) is 22.7 Å². The highest BCUT2D eigenvalue weighted by Crippen LogP contribution is 2.25. The van der Waals surface area contributed by atoms with Crippen LogP contribution in [0.5, 0.6) is 0 Å². The van der Waals surface area contributed by atoms with E-state index in [0.29, 0.717) is 12.4 Å². The summed E-state index contributed by atoms with van der Waals surface area (Å²) in [6, 6.07) is 18.5. The molecular formula is C25H30N4O2S. The van der Waals surface area contributed by atoms with Gasteiger partial charge in [-0.1, -0.05) is 65.9 Å². The van der Waals surface area contributed by atoms with Crippen LogP contribution in [0.2, 0.25) is 0 Å². The average Bonchev–Trinajstić information content (AvgIpc) is 3.25. The zero-order valence-electron chi connectivity index (χ0n) is 18.7. The van der Waals surface area contributed by atoms with Crippen LogP contribution in [-0.4, -0.2) is 50.5 Å². The summed E-state index contributed by atoms with van der Waals surface area (Å²) in [5, 5.41) is 9.55. The summed E-state index contributed by atoms with van der Waals surface area (Å²) in [6.07, 6.45) is 1.98. The van der Waals surface area contributed by atoms with Crippen LogP contribution >= 0.6 is 11.8 Å². The van der Waals surface area contributed by atoms with Gasteiger partial charge in [0.15, 0.2) is 11.0 Å². The number of likely N-dealkylation sites (tertiary alicyclic amines) is 1. The largest absolute Gasteiger partial charge is 0.373 e. The molecule has 0 spiro atoms. The minimum Gasteiger partial charge on any atom is -0.373 e. The Morgan fingerprint density at radius 3 is 2.59 bits per heavy atom. The van der Waals surface area contributed by atoms with E-state index in [1.165, 1.54) is 22.9 Å². The maximum atomic E-state index is 12.8. The van der Waals surface area contributed by atoms with E-state index in [1.807, 2.05) is 35.2 Å². The molecule has 0 aliphatic carbocycles. The molecule has 1 saturated heterocycles. The molecule has 0 radical (unpaired) electrons. The summed E-state index contributed by atoms with van der Waals surface area (Å²) in [4.78, 5) is 14.7. The number of hydrogen-bond acceptors (Lipinski definition) is 5. The summed E-state index contributed by atoms with van der Waals surface area (Å²) < 4.78 is 8.12. The normalized spacial score (nSPS) is 14.6. The summed E-state index contributed by atoms with van der Waals surface area (Å²) in [6.45, 7) is 7.03. The second-order valence-electron chi connectivity index (χ2n) is 8.09. The van der Waals surface area contributed by atoms with Gasteiger partial charge in [0.05, 0.1) is 18.5 Å². The first-order chi connectivity index (χ1) is 15.6. The Morgan fingerprint density at radius 1 is 1.09 bits per heavy atom. The Kier molecular flexibility index (Phi) is 7.60. The highest BCUT2D eigenvalue weighted by atomic mass is 32.2. The van der Waals surface area contributed by atoms with Crippen molar-refractivity contribution in [2.24, 2.45) is 0 Å². The van der Waals surface area contributed by atoms with Gasteiger partial charge in [0.25, 0.3) is 0 Å². The predicted molar refractivity (Wildman–Crippen MR) is 127 cm³/mol. The number of benzene rings is 2. The highest BCUT2D eigenvalue weighted by Gasteiger charge is 2.24. The van der Waals surface area contributed by atoms with E-state index < -0.39 is 0 Å². The molecule has 2 aromatic carbocycles. The molecule has 0 N–H and O–H groups in total. The number of rotatable bonds is 8. The van der Waals surface area contributed by atoms with Crippen LogP contribution in [0.4, 0.5) is 0 Å². The molecule has 1 aliphatic heterocycles. The summed E-state index contributed by atoms with van der Waals surface area (Å²) in [7, 11) is 0. The van der Waals surface area contributed by atoms with Crippen LogP contribution in [0.3, 0.4) is 0 Å². The minimum atomic E-state index is 0.152. The van der Waals surface area contributed by atoms with E-state index in [4.69, 9.17) is 4.74 Å². The Labute approximate surface area is 194 Å². The number of thioether (sulfide) groups is 1. The van der Waals surface area contributed by atoms with Gasteiger partial charge in [0.1, 0.15) is 0 Å². The van der Waals surface area contributed by atoms with Crippen LogP contribution in [0, 0.1) is 6.92 Å². The van der Waals surface area contributed by atoms with Crippen LogP contribution in [0.25, 0.3) is 11.4 Å². The van der Waals surface area contributed by atoms with Crippen molar-refractivity contribution in [3.8, 4) is 11.4 Å². The lowest BCUT2D eigenvalue weighted by atomic mass is 10.1. The third-order valence-corrected chi connectivity index (χ3v) is 6.71. The molecule has 1 fully saturated rings.